The Labute approximate surface area is 122 Å². The van der Waals surface area contributed by atoms with Gasteiger partial charge in [0.05, 0.1) is 19.0 Å². The van der Waals surface area contributed by atoms with Gasteiger partial charge in [0.25, 0.3) is 5.56 Å². The van der Waals surface area contributed by atoms with E-state index in [0.29, 0.717) is 12.0 Å². The molecule has 8 heteroatoms. The molecule has 0 aliphatic carbocycles. The Hall–Kier alpha value is -1.77. The van der Waals surface area contributed by atoms with E-state index in [1.54, 1.807) is 36.7 Å². The van der Waals surface area contributed by atoms with Gasteiger partial charge in [-0.25, -0.2) is 4.99 Å². The third-order valence-electron chi connectivity index (χ3n) is 3.20. The molecule has 0 radical (unpaired) electrons. The fourth-order valence-electron chi connectivity index (χ4n) is 2.08. The molecule has 0 unspecified atom stereocenters. The monoisotopic (exact) mass is 296 g/mol. The number of ether oxygens (including phenoxy) is 1. The van der Waals surface area contributed by atoms with Gasteiger partial charge in [-0.3, -0.25) is 9.36 Å². The number of aliphatic hydroxyl groups is 2. The molecule has 2 heterocycles. The molecule has 0 aromatic carbocycles. The van der Waals surface area contributed by atoms with Crippen LogP contribution in [0.3, 0.4) is 0 Å². The number of aliphatic imine (C=N–C) groups is 1. The number of nitrogens with zero attached hydrogens (tertiary/aromatic N) is 4. The highest BCUT2D eigenvalue weighted by Gasteiger charge is 2.35. The first-order valence-corrected chi connectivity index (χ1v) is 6.67. The van der Waals surface area contributed by atoms with Crippen LogP contribution in [0.4, 0.5) is 5.95 Å². The minimum absolute atomic E-state index is 0.204. The number of hydrogen-bond acceptors (Lipinski definition) is 6. The van der Waals surface area contributed by atoms with Crippen LogP contribution in [0.15, 0.2) is 16.0 Å². The Kier molecular flexibility index (Phi) is 4.71. The molecule has 1 aliphatic rings. The quantitative estimate of drug-likeness (QED) is 0.569. The van der Waals surface area contributed by atoms with E-state index in [-0.39, 0.29) is 18.1 Å². The van der Waals surface area contributed by atoms with Crippen molar-refractivity contribution in [3.05, 3.63) is 22.1 Å². The summed E-state index contributed by atoms with van der Waals surface area (Å²) < 4.78 is 7.19. The second-order valence-corrected chi connectivity index (χ2v) is 5.26. The van der Waals surface area contributed by atoms with Gasteiger partial charge in [0.2, 0.25) is 5.95 Å². The summed E-state index contributed by atoms with van der Waals surface area (Å²) in [6, 6.07) is 0. The largest absolute Gasteiger partial charge is 0.394 e. The number of rotatable bonds is 4. The lowest BCUT2D eigenvalue weighted by molar-refractivity contribution is -0.0442. The minimum Gasteiger partial charge on any atom is -0.394 e. The van der Waals surface area contributed by atoms with Gasteiger partial charge in [0, 0.05) is 32.3 Å². The molecule has 1 saturated heterocycles. The summed E-state index contributed by atoms with van der Waals surface area (Å²) in [5.74, 6) is 0.204. The Morgan fingerprint density at radius 3 is 2.90 bits per heavy atom. The molecule has 8 nitrogen and oxygen atoms in total. The maximum Gasteiger partial charge on any atom is 0.277 e. The normalized spacial score (nSPS) is 25.7. The number of aliphatic hydroxyl groups excluding tert-OH is 2. The molecule has 0 saturated carbocycles. The highest BCUT2D eigenvalue weighted by atomic mass is 16.5. The number of hydrogen-bond donors (Lipinski definition) is 2. The summed E-state index contributed by atoms with van der Waals surface area (Å²) in [6.45, 7) is 1.39. The maximum absolute atomic E-state index is 11.7. The lowest BCUT2D eigenvalue weighted by Crippen LogP contribution is -2.24. The lowest BCUT2D eigenvalue weighted by atomic mass is 10.2. The molecule has 2 N–H and O–H groups in total. The van der Waals surface area contributed by atoms with Crippen LogP contribution in [-0.2, 0) is 4.74 Å². The first-order chi connectivity index (χ1) is 9.92. The van der Waals surface area contributed by atoms with Crippen molar-refractivity contribution in [3.8, 4) is 0 Å². The van der Waals surface area contributed by atoms with Crippen LogP contribution in [0.25, 0.3) is 0 Å². The molecule has 3 atom stereocenters. The van der Waals surface area contributed by atoms with E-state index >= 15 is 0 Å². The van der Waals surface area contributed by atoms with Gasteiger partial charge < -0.3 is 19.8 Å². The highest BCUT2D eigenvalue weighted by Crippen LogP contribution is 2.30. The number of aromatic nitrogens is 2. The molecule has 2 rings (SSSR count). The molecule has 1 fully saturated rings. The molecule has 0 spiro atoms. The predicted molar refractivity (Wildman–Crippen MR) is 76.7 cm³/mol. The van der Waals surface area contributed by atoms with Crippen LogP contribution >= 0.6 is 0 Å². The molecule has 21 heavy (non-hydrogen) atoms. The smallest absolute Gasteiger partial charge is 0.277 e. The first-order valence-electron chi connectivity index (χ1n) is 6.67. The Morgan fingerprint density at radius 1 is 1.62 bits per heavy atom. The zero-order valence-electron chi connectivity index (χ0n) is 12.3. The summed E-state index contributed by atoms with van der Waals surface area (Å²) in [4.78, 5) is 21.5. The van der Waals surface area contributed by atoms with Gasteiger partial charge in [0.15, 0.2) is 0 Å². The average molecular weight is 296 g/mol. The zero-order valence-corrected chi connectivity index (χ0v) is 12.3. The van der Waals surface area contributed by atoms with Crippen LogP contribution in [-0.4, -0.2) is 63.9 Å². The molecule has 1 aliphatic heterocycles. The first kappa shape index (κ1) is 15.6. The second kappa shape index (κ2) is 6.33. The van der Waals surface area contributed by atoms with E-state index < -0.39 is 18.4 Å². The van der Waals surface area contributed by atoms with Crippen molar-refractivity contribution >= 4 is 12.3 Å². The van der Waals surface area contributed by atoms with Crippen LogP contribution in [0.2, 0.25) is 0 Å². The van der Waals surface area contributed by atoms with Crippen molar-refractivity contribution in [3.63, 3.8) is 0 Å². The van der Waals surface area contributed by atoms with Crippen LogP contribution < -0.4 is 5.56 Å². The summed E-state index contributed by atoms with van der Waals surface area (Å²) >= 11 is 0. The van der Waals surface area contributed by atoms with Gasteiger partial charge in [-0.15, -0.1) is 0 Å². The summed E-state index contributed by atoms with van der Waals surface area (Å²) in [6.07, 6.45) is 1.53. The molecule has 116 valence electrons. The van der Waals surface area contributed by atoms with Crippen molar-refractivity contribution in [2.45, 2.75) is 31.8 Å². The summed E-state index contributed by atoms with van der Waals surface area (Å²) in [5.41, 5.74) is 0.110. The predicted octanol–water partition coefficient (Wildman–Crippen LogP) is -0.586. The Balaban J connectivity index is 2.38. The van der Waals surface area contributed by atoms with E-state index in [9.17, 15) is 9.90 Å². The fraction of sp³-hybridized carbons (Fsp3) is 0.615. The van der Waals surface area contributed by atoms with Crippen molar-refractivity contribution in [1.82, 2.24) is 14.5 Å². The molecule has 0 amide bonds. The van der Waals surface area contributed by atoms with Gasteiger partial charge in [0.1, 0.15) is 12.3 Å². The van der Waals surface area contributed by atoms with E-state index in [4.69, 9.17) is 9.84 Å². The van der Waals surface area contributed by atoms with Gasteiger partial charge >= 0.3 is 0 Å². The van der Waals surface area contributed by atoms with Crippen LogP contribution in [0.1, 0.15) is 18.2 Å². The van der Waals surface area contributed by atoms with Gasteiger partial charge in [-0.2, -0.15) is 4.98 Å². The van der Waals surface area contributed by atoms with Crippen molar-refractivity contribution in [2.75, 3.05) is 20.7 Å². The topological polar surface area (TPSA) is 100 Å². The Bertz CT molecular complexity index is 584. The van der Waals surface area contributed by atoms with E-state index in [1.165, 1.54) is 6.34 Å². The SMILES string of the molecule is Cc1cn([C@H]2C[C@H](O)[C@@H](CO)O2)c(/N=C/N(C)C)nc1=O. The van der Waals surface area contributed by atoms with E-state index in [0.717, 1.165) is 0 Å². The Morgan fingerprint density at radius 2 is 2.33 bits per heavy atom. The van der Waals surface area contributed by atoms with Crippen molar-refractivity contribution in [2.24, 2.45) is 4.99 Å². The average Bonchev–Trinajstić information content (AvgIpc) is 2.80. The van der Waals surface area contributed by atoms with E-state index in [1.807, 2.05) is 0 Å². The maximum atomic E-state index is 11.7. The summed E-state index contributed by atoms with van der Waals surface area (Å²) in [7, 11) is 3.61. The molecule has 0 bridgehead atoms. The van der Waals surface area contributed by atoms with Gasteiger partial charge in [-0.1, -0.05) is 0 Å². The van der Waals surface area contributed by atoms with E-state index in [2.05, 4.69) is 9.98 Å². The van der Waals surface area contributed by atoms with Crippen LogP contribution in [0, 0.1) is 6.92 Å². The molecule has 1 aromatic rings. The highest BCUT2D eigenvalue weighted by molar-refractivity contribution is 5.57. The third kappa shape index (κ3) is 3.46. The van der Waals surface area contributed by atoms with Crippen molar-refractivity contribution in [1.29, 1.82) is 0 Å². The number of aryl methyl sites for hydroxylation is 1. The van der Waals surface area contributed by atoms with Gasteiger partial charge in [-0.05, 0) is 6.92 Å². The second-order valence-electron chi connectivity index (χ2n) is 5.26. The standard InChI is InChI=1S/C13H20N4O4/c1-8-5-17(11-4-9(19)10(6-18)21-11)13(15-12(8)20)14-7-16(2)3/h5,7,9-11,18-19H,4,6H2,1-3H3/b14-7+/t9-,10+,11+/m0/s1. The van der Waals surface area contributed by atoms with Crippen LogP contribution in [0.5, 0.6) is 0 Å². The molecule has 1 aromatic heterocycles. The zero-order chi connectivity index (χ0) is 15.6. The minimum atomic E-state index is -0.759. The van der Waals surface area contributed by atoms with Crippen molar-refractivity contribution < 1.29 is 14.9 Å². The summed E-state index contributed by atoms with van der Waals surface area (Å²) in [5, 5.41) is 19.0. The fourth-order valence-corrected chi connectivity index (χ4v) is 2.08. The molecular weight excluding hydrogens is 276 g/mol. The third-order valence-corrected chi connectivity index (χ3v) is 3.20. The molecular formula is C13H20N4O4. The lowest BCUT2D eigenvalue weighted by Gasteiger charge is -2.17.